The highest BCUT2D eigenvalue weighted by Gasteiger charge is 2.20. The quantitative estimate of drug-likeness (QED) is 0.188. The highest BCUT2D eigenvalue weighted by Crippen LogP contribution is 2.42. The molecule has 38 heavy (non-hydrogen) atoms. The molecule has 0 amide bonds. The third-order valence-electron chi connectivity index (χ3n) is 5.15. The Bertz CT molecular complexity index is 1320. The van der Waals surface area contributed by atoms with Crippen LogP contribution >= 0.6 is 11.8 Å². The van der Waals surface area contributed by atoms with Crippen molar-refractivity contribution >= 4 is 35.2 Å². The van der Waals surface area contributed by atoms with Gasteiger partial charge in [0, 0.05) is 21.4 Å². The van der Waals surface area contributed by atoms with E-state index in [-0.39, 0.29) is 0 Å². The molecule has 4 rings (SSSR count). The van der Waals surface area contributed by atoms with E-state index in [0.717, 1.165) is 21.8 Å². The molecule has 0 saturated heterocycles. The van der Waals surface area contributed by atoms with Gasteiger partial charge in [0.25, 0.3) is 0 Å². The van der Waals surface area contributed by atoms with Crippen LogP contribution in [-0.4, -0.2) is 26.2 Å². The number of benzene rings is 3. The van der Waals surface area contributed by atoms with Crippen LogP contribution < -0.4 is 14.9 Å². The Morgan fingerprint density at radius 3 is 1.92 bits per heavy atom. The lowest BCUT2D eigenvalue weighted by Gasteiger charge is -2.16. The van der Waals surface area contributed by atoms with E-state index in [2.05, 4.69) is 60.7 Å². The Morgan fingerprint density at radius 2 is 1.34 bits per heavy atom. The van der Waals surface area contributed by atoms with E-state index in [4.69, 9.17) is 14.9 Å². The van der Waals surface area contributed by atoms with Gasteiger partial charge in [-0.25, -0.2) is 0 Å². The first-order valence-electron chi connectivity index (χ1n) is 12.0. The van der Waals surface area contributed by atoms with Crippen LogP contribution in [0.15, 0.2) is 102 Å². The summed E-state index contributed by atoms with van der Waals surface area (Å²) in [6.07, 6.45) is 6.47. The van der Waals surface area contributed by atoms with Crippen molar-refractivity contribution in [2.75, 3.05) is 13.2 Å². The van der Waals surface area contributed by atoms with Gasteiger partial charge < -0.3 is 26.7 Å². The molecule has 0 radical (unpaired) electrons. The second kappa shape index (κ2) is 13.7. The van der Waals surface area contributed by atoms with E-state index >= 15 is 0 Å². The molecule has 3 aromatic carbocycles. The molecule has 2 N–H and O–H groups in total. The molecule has 0 aromatic heterocycles. The zero-order valence-electron chi connectivity index (χ0n) is 21.0. The molecule has 1 aliphatic heterocycles. The summed E-state index contributed by atoms with van der Waals surface area (Å²) >= 11 is 1.72. The SMILES string of the molecule is CCOc1ccc(C(=[NH2+])/C=C2/C=C(c3ccccc3)C=C(c3ccccc3)S2)cc1OCC.F[B-](F)(F)F. The van der Waals surface area contributed by atoms with Crippen molar-refractivity contribution in [1.29, 1.82) is 0 Å². The Balaban J connectivity index is 0.000000732. The van der Waals surface area contributed by atoms with Crippen LogP contribution in [0.2, 0.25) is 0 Å². The summed E-state index contributed by atoms with van der Waals surface area (Å²) in [4.78, 5) is 2.28. The van der Waals surface area contributed by atoms with Crippen LogP contribution in [0.25, 0.3) is 10.5 Å². The minimum Gasteiger partial charge on any atom is -0.490 e. The Morgan fingerprint density at radius 1 is 0.789 bits per heavy atom. The van der Waals surface area contributed by atoms with E-state index in [1.807, 2.05) is 50.3 Å². The van der Waals surface area contributed by atoms with Gasteiger partial charge in [-0.3, -0.25) is 5.41 Å². The van der Waals surface area contributed by atoms with Crippen LogP contribution in [0.3, 0.4) is 0 Å². The van der Waals surface area contributed by atoms with Gasteiger partial charge in [0.05, 0.1) is 13.2 Å². The zero-order chi connectivity index (χ0) is 27.5. The van der Waals surface area contributed by atoms with Crippen LogP contribution in [0.5, 0.6) is 11.5 Å². The summed E-state index contributed by atoms with van der Waals surface area (Å²) in [5.41, 5.74) is 5.11. The number of hydrogen-bond acceptors (Lipinski definition) is 3. The maximum absolute atomic E-state index is 9.75. The number of thioether (sulfide) groups is 1. The Hall–Kier alpha value is -3.72. The summed E-state index contributed by atoms with van der Waals surface area (Å²) in [6.45, 7) is 5.07. The smallest absolute Gasteiger partial charge is 0.490 e. The van der Waals surface area contributed by atoms with E-state index in [0.29, 0.717) is 24.7 Å². The molecule has 0 spiro atoms. The van der Waals surface area contributed by atoms with Crippen LogP contribution in [0.1, 0.15) is 30.5 Å². The summed E-state index contributed by atoms with van der Waals surface area (Å²) in [5, 5.41) is 6.57. The third-order valence-corrected chi connectivity index (χ3v) is 6.20. The molecule has 0 fully saturated rings. The lowest BCUT2D eigenvalue weighted by molar-refractivity contribution is -0.111. The number of allylic oxidation sites excluding steroid dienone is 4. The fourth-order valence-electron chi connectivity index (χ4n) is 3.60. The van der Waals surface area contributed by atoms with Crippen molar-refractivity contribution in [3.63, 3.8) is 0 Å². The highest BCUT2D eigenvalue weighted by atomic mass is 32.2. The van der Waals surface area contributed by atoms with Gasteiger partial charge in [0.15, 0.2) is 11.5 Å². The predicted molar refractivity (Wildman–Crippen MR) is 150 cm³/mol. The summed E-state index contributed by atoms with van der Waals surface area (Å²) in [5.74, 6) is 1.44. The molecule has 0 saturated carbocycles. The second-order valence-electron chi connectivity index (χ2n) is 7.97. The monoisotopic (exact) mass is 541 g/mol. The summed E-state index contributed by atoms with van der Waals surface area (Å²) < 4.78 is 50.5. The Kier molecular flexibility index (Phi) is 10.4. The van der Waals surface area contributed by atoms with Crippen molar-refractivity contribution in [3.05, 3.63) is 119 Å². The number of rotatable bonds is 8. The molecular weight excluding hydrogens is 513 g/mol. The molecule has 0 unspecified atom stereocenters. The van der Waals surface area contributed by atoms with Crippen molar-refractivity contribution in [1.82, 2.24) is 0 Å². The third kappa shape index (κ3) is 8.99. The standard InChI is InChI=1S/C29H27NO2S.BF4/c1-3-31-27-16-15-23(18-28(27)32-4-2)26(30)20-25-17-24(21-11-7-5-8-12-21)19-29(33-25)22-13-9-6-10-14-22;2-1(3,4)5/h5-20,30H,3-4H2,1-2H3;/q;-1/p+1/b25-20-,30-26?;. The first-order valence-corrected chi connectivity index (χ1v) is 12.8. The average molecular weight is 541 g/mol. The number of halogens is 4. The highest BCUT2D eigenvalue weighted by molar-refractivity contribution is 8.12. The zero-order valence-corrected chi connectivity index (χ0v) is 21.9. The largest absolute Gasteiger partial charge is 0.673 e. The van der Waals surface area contributed by atoms with Crippen LogP contribution in [0.4, 0.5) is 17.3 Å². The number of hydrogen-bond donors (Lipinski definition) is 1. The number of ether oxygens (including phenoxy) is 2. The fraction of sp³-hybridized carbons (Fsp3) is 0.138. The number of nitrogens with two attached hydrogens (primary N) is 1. The normalized spacial score (nSPS) is 14.1. The lowest BCUT2D eigenvalue weighted by atomic mass is 10.0. The summed E-state index contributed by atoms with van der Waals surface area (Å²) in [6, 6.07) is 26.7. The van der Waals surface area contributed by atoms with Crippen LogP contribution in [-0.2, 0) is 0 Å². The molecule has 3 nitrogen and oxygen atoms in total. The van der Waals surface area contributed by atoms with Crippen molar-refractivity contribution in [2.24, 2.45) is 0 Å². The van der Waals surface area contributed by atoms with E-state index in [1.165, 1.54) is 16.0 Å². The molecule has 0 atom stereocenters. The van der Waals surface area contributed by atoms with Crippen molar-refractivity contribution < 1.29 is 32.1 Å². The summed E-state index contributed by atoms with van der Waals surface area (Å²) in [7, 11) is -6.00. The molecule has 0 aliphatic carbocycles. The van der Waals surface area contributed by atoms with Crippen LogP contribution in [0, 0.1) is 0 Å². The van der Waals surface area contributed by atoms with Gasteiger partial charge in [-0.2, -0.15) is 0 Å². The van der Waals surface area contributed by atoms with Gasteiger partial charge in [0.2, 0.25) is 5.71 Å². The predicted octanol–water partition coefficient (Wildman–Crippen LogP) is 7.09. The fourth-order valence-corrected chi connectivity index (χ4v) is 4.67. The van der Waals surface area contributed by atoms with Gasteiger partial charge in [0.1, 0.15) is 0 Å². The Labute approximate surface area is 224 Å². The first-order chi connectivity index (χ1) is 18.2. The first kappa shape index (κ1) is 28.9. The molecule has 1 heterocycles. The van der Waals surface area contributed by atoms with Gasteiger partial charge in [-0.1, -0.05) is 72.4 Å². The van der Waals surface area contributed by atoms with Gasteiger partial charge in [-0.05, 0) is 60.9 Å². The molecule has 198 valence electrons. The second-order valence-corrected chi connectivity index (χ2v) is 9.08. The molecular formula is C29H28BF4NO2S. The van der Waals surface area contributed by atoms with Gasteiger partial charge in [-0.15, -0.1) is 0 Å². The molecule has 3 aromatic rings. The van der Waals surface area contributed by atoms with Crippen molar-refractivity contribution in [3.8, 4) is 11.5 Å². The van der Waals surface area contributed by atoms with E-state index in [9.17, 15) is 17.3 Å². The lowest BCUT2D eigenvalue weighted by Crippen LogP contribution is -2.39. The van der Waals surface area contributed by atoms with E-state index < -0.39 is 7.25 Å². The minimum atomic E-state index is -6.00. The maximum Gasteiger partial charge on any atom is 0.673 e. The van der Waals surface area contributed by atoms with E-state index in [1.54, 1.807) is 11.8 Å². The molecule has 9 heteroatoms. The van der Waals surface area contributed by atoms with Gasteiger partial charge >= 0.3 is 7.25 Å². The molecule has 1 aliphatic rings. The topological polar surface area (TPSA) is 44.0 Å². The minimum absolute atomic E-state index is 0.564. The average Bonchev–Trinajstić information content (AvgIpc) is 2.90. The molecule has 0 bridgehead atoms. The maximum atomic E-state index is 9.75. The van der Waals surface area contributed by atoms with Crippen molar-refractivity contribution in [2.45, 2.75) is 13.8 Å².